The number of carbonyl (C=O) groups is 1. The number of aliphatic hydroxyl groups is 1. The second-order valence-corrected chi connectivity index (χ2v) is 9.05. The molecule has 30 heavy (non-hydrogen) atoms. The lowest BCUT2D eigenvalue weighted by molar-refractivity contribution is 0.102. The van der Waals surface area contributed by atoms with Gasteiger partial charge in [-0.15, -0.1) is 11.3 Å². The lowest BCUT2D eigenvalue weighted by Crippen LogP contribution is -2.19. The number of ether oxygens (including phenoxy) is 2. The van der Waals surface area contributed by atoms with Crippen molar-refractivity contribution < 1.29 is 32.3 Å². The zero-order valence-corrected chi connectivity index (χ0v) is 17.7. The number of carbonyl (C=O) groups excluding carboxylic acids is 1. The molecule has 3 heterocycles. The molecular formula is C17H14ClN3O7S2. The zero-order valence-electron chi connectivity index (χ0n) is 15.3. The molecule has 13 heteroatoms. The third-order valence-corrected chi connectivity index (χ3v) is 7.02. The summed E-state index contributed by atoms with van der Waals surface area (Å²) >= 11 is 6.89. The third kappa shape index (κ3) is 3.69. The molecule has 4 rings (SSSR count). The highest BCUT2D eigenvalue weighted by Gasteiger charge is 2.28. The molecule has 3 aromatic rings. The summed E-state index contributed by atoms with van der Waals surface area (Å²) in [5.74, 6) is -0.0813. The van der Waals surface area contributed by atoms with Crippen molar-refractivity contribution in [3.8, 4) is 11.5 Å². The number of amides is 1. The first-order chi connectivity index (χ1) is 14.3. The van der Waals surface area contributed by atoms with Crippen LogP contribution in [0.25, 0.3) is 0 Å². The van der Waals surface area contributed by atoms with Gasteiger partial charge >= 0.3 is 0 Å². The molecule has 3 N–H and O–H groups in total. The highest BCUT2D eigenvalue weighted by Crippen LogP contribution is 2.37. The summed E-state index contributed by atoms with van der Waals surface area (Å²) in [6, 6.07) is 4.33. The molecule has 0 saturated carbocycles. The Hall–Kier alpha value is -2.80. The van der Waals surface area contributed by atoms with E-state index in [1.54, 1.807) is 13.0 Å². The molecule has 1 aliphatic heterocycles. The number of nitrogens with one attached hydrogen (secondary N) is 2. The van der Waals surface area contributed by atoms with Gasteiger partial charge in [0.1, 0.15) is 20.5 Å². The largest absolute Gasteiger partial charge is 0.454 e. The van der Waals surface area contributed by atoms with E-state index in [4.69, 9.17) is 25.6 Å². The molecule has 2 aromatic heterocycles. The summed E-state index contributed by atoms with van der Waals surface area (Å²) in [5.41, 5.74) is 0.970. The fraction of sp³-hybridized carbons (Fsp3) is 0.176. The van der Waals surface area contributed by atoms with Gasteiger partial charge < -0.3 is 24.4 Å². The van der Waals surface area contributed by atoms with E-state index < -0.39 is 15.9 Å². The van der Waals surface area contributed by atoms with Gasteiger partial charge in [0, 0.05) is 11.6 Å². The minimum atomic E-state index is -4.19. The van der Waals surface area contributed by atoms with E-state index in [1.165, 1.54) is 17.5 Å². The van der Waals surface area contributed by atoms with Crippen LogP contribution in [0, 0.1) is 6.92 Å². The van der Waals surface area contributed by atoms with Gasteiger partial charge in [0.05, 0.1) is 12.3 Å². The van der Waals surface area contributed by atoms with Gasteiger partial charge in [0.25, 0.3) is 21.8 Å². The number of benzene rings is 1. The van der Waals surface area contributed by atoms with Crippen LogP contribution in [0.3, 0.4) is 0 Å². The number of aromatic nitrogens is 1. The number of nitrogens with zero attached hydrogens (tertiary/aromatic N) is 1. The Morgan fingerprint density at radius 3 is 2.73 bits per heavy atom. The highest BCUT2D eigenvalue weighted by atomic mass is 35.5. The minimum absolute atomic E-state index is 0.0211. The number of hydrogen-bond acceptors (Lipinski definition) is 9. The van der Waals surface area contributed by atoms with Gasteiger partial charge in [-0.2, -0.15) is 0 Å². The summed E-state index contributed by atoms with van der Waals surface area (Å²) in [4.78, 5) is 12.5. The fourth-order valence-corrected chi connectivity index (χ4v) is 5.18. The topological polar surface area (TPSA) is 140 Å². The van der Waals surface area contributed by atoms with Crippen LogP contribution < -0.4 is 19.5 Å². The van der Waals surface area contributed by atoms with Crippen molar-refractivity contribution in [3.05, 3.63) is 44.7 Å². The van der Waals surface area contributed by atoms with Crippen molar-refractivity contribution in [1.82, 2.24) is 5.16 Å². The molecule has 1 amide bonds. The van der Waals surface area contributed by atoms with Gasteiger partial charge in [-0.25, -0.2) is 13.1 Å². The van der Waals surface area contributed by atoms with E-state index >= 15 is 0 Å². The molecule has 0 spiro atoms. The molecule has 1 aliphatic rings. The maximum atomic E-state index is 12.8. The SMILES string of the molecule is Cc1noc(NS(=O)(=O)c2ccsc2C(=O)Nc2cc3c(cc2CO)OCO3)c1Cl. The smallest absolute Gasteiger partial charge is 0.267 e. The Labute approximate surface area is 179 Å². The summed E-state index contributed by atoms with van der Waals surface area (Å²) in [6.07, 6.45) is 0. The molecule has 0 radical (unpaired) electrons. The van der Waals surface area contributed by atoms with Crippen molar-refractivity contribution in [2.24, 2.45) is 0 Å². The van der Waals surface area contributed by atoms with E-state index in [0.29, 0.717) is 22.8 Å². The van der Waals surface area contributed by atoms with E-state index in [9.17, 15) is 18.3 Å². The number of aryl methyl sites for hydroxylation is 1. The summed E-state index contributed by atoms with van der Waals surface area (Å²) in [7, 11) is -4.19. The lowest BCUT2D eigenvalue weighted by atomic mass is 10.1. The fourth-order valence-electron chi connectivity index (χ4n) is 2.68. The number of thiophene rings is 1. The Morgan fingerprint density at radius 2 is 2.07 bits per heavy atom. The first-order valence-corrected chi connectivity index (χ1v) is 11.1. The van der Waals surface area contributed by atoms with Crippen LogP contribution in [0.1, 0.15) is 20.9 Å². The highest BCUT2D eigenvalue weighted by molar-refractivity contribution is 7.93. The van der Waals surface area contributed by atoms with Crippen LogP contribution in [0.2, 0.25) is 5.02 Å². The molecule has 10 nitrogen and oxygen atoms in total. The zero-order chi connectivity index (χ0) is 21.5. The van der Waals surface area contributed by atoms with Gasteiger partial charge in [0.2, 0.25) is 6.79 Å². The van der Waals surface area contributed by atoms with Gasteiger partial charge in [-0.1, -0.05) is 16.8 Å². The maximum absolute atomic E-state index is 12.8. The van der Waals surface area contributed by atoms with E-state index in [0.717, 1.165) is 11.3 Å². The Bertz CT molecular complexity index is 1240. The number of anilines is 2. The van der Waals surface area contributed by atoms with Crippen molar-refractivity contribution >= 4 is 50.4 Å². The molecule has 0 unspecified atom stereocenters. The standard InChI is InChI=1S/C17H14ClN3O7S2/c1-8-14(18)17(28-20-8)21-30(24,25)13-2-3-29-15(13)16(23)19-10-5-12-11(26-7-27-12)4-9(10)6-22/h2-5,21-22H,6-7H2,1H3,(H,19,23). The van der Waals surface area contributed by atoms with Crippen molar-refractivity contribution in [2.45, 2.75) is 18.4 Å². The molecule has 158 valence electrons. The Morgan fingerprint density at radius 1 is 1.33 bits per heavy atom. The minimum Gasteiger partial charge on any atom is -0.454 e. The van der Waals surface area contributed by atoms with Crippen molar-refractivity contribution in [3.63, 3.8) is 0 Å². The first kappa shape index (κ1) is 20.5. The molecule has 0 fully saturated rings. The van der Waals surface area contributed by atoms with E-state index in [1.807, 2.05) is 0 Å². The molecule has 1 aromatic carbocycles. The summed E-state index contributed by atoms with van der Waals surface area (Å²) in [6.45, 7) is 1.21. The summed E-state index contributed by atoms with van der Waals surface area (Å²) < 4.78 is 43.1. The van der Waals surface area contributed by atoms with Gasteiger partial charge in [-0.05, 0) is 24.4 Å². The van der Waals surface area contributed by atoms with E-state index in [2.05, 4.69) is 15.2 Å². The molecule has 0 atom stereocenters. The van der Waals surface area contributed by atoms with Crippen LogP contribution in [0.4, 0.5) is 11.6 Å². The predicted molar refractivity (Wildman–Crippen MR) is 108 cm³/mol. The quantitative estimate of drug-likeness (QED) is 0.498. The van der Waals surface area contributed by atoms with Crippen LogP contribution in [-0.4, -0.2) is 31.4 Å². The molecular weight excluding hydrogens is 458 g/mol. The lowest BCUT2D eigenvalue weighted by Gasteiger charge is -2.11. The number of rotatable bonds is 6. The van der Waals surface area contributed by atoms with Crippen molar-refractivity contribution in [1.29, 1.82) is 0 Å². The van der Waals surface area contributed by atoms with Gasteiger partial charge in [0.15, 0.2) is 11.5 Å². The average molecular weight is 472 g/mol. The summed E-state index contributed by atoms with van der Waals surface area (Å²) in [5, 5.41) is 17.3. The van der Waals surface area contributed by atoms with Crippen LogP contribution in [-0.2, 0) is 16.6 Å². The van der Waals surface area contributed by atoms with Crippen LogP contribution in [0.5, 0.6) is 11.5 Å². The van der Waals surface area contributed by atoms with Gasteiger partial charge in [-0.3, -0.25) is 4.79 Å². The monoisotopic (exact) mass is 471 g/mol. The van der Waals surface area contributed by atoms with E-state index in [-0.39, 0.29) is 39.8 Å². The Kier molecular flexibility index (Phi) is 5.32. The van der Waals surface area contributed by atoms with Crippen LogP contribution in [0.15, 0.2) is 33.0 Å². The number of aliphatic hydroxyl groups excluding tert-OH is 1. The predicted octanol–water partition coefficient (Wildman–Crippen LogP) is 2.97. The second kappa shape index (κ2) is 7.80. The average Bonchev–Trinajstić information content (AvgIpc) is 3.44. The number of sulfonamides is 1. The Balaban J connectivity index is 1.62. The molecule has 0 saturated heterocycles. The number of hydrogen-bond donors (Lipinski definition) is 3. The van der Waals surface area contributed by atoms with Crippen LogP contribution >= 0.6 is 22.9 Å². The second-order valence-electron chi connectivity index (χ2n) is 6.11. The molecule has 0 aliphatic carbocycles. The normalized spacial score (nSPS) is 12.8. The van der Waals surface area contributed by atoms with Crippen molar-refractivity contribution in [2.75, 3.05) is 16.8 Å². The molecule has 0 bridgehead atoms. The number of fused-ring (bicyclic) bond motifs is 1. The first-order valence-electron chi connectivity index (χ1n) is 8.37. The maximum Gasteiger partial charge on any atom is 0.267 e. The number of halogens is 1. The third-order valence-electron chi connectivity index (χ3n) is 4.16.